The van der Waals surface area contributed by atoms with Crippen molar-refractivity contribution in [2.24, 2.45) is 17.8 Å². The number of rotatable bonds is 10. The zero-order chi connectivity index (χ0) is 31.0. The van der Waals surface area contributed by atoms with Crippen LogP contribution in [0.25, 0.3) is 0 Å². The Balaban J connectivity index is 1.22. The van der Waals surface area contributed by atoms with Crippen LogP contribution in [0.1, 0.15) is 48.0 Å². The number of fused-ring (bicyclic) bond motifs is 1. The topological polar surface area (TPSA) is 18.5 Å². The molecule has 1 fully saturated rings. The molecule has 0 aromatic heterocycles. The van der Waals surface area contributed by atoms with Crippen LogP contribution in [0, 0.1) is 17.8 Å². The highest BCUT2D eigenvalue weighted by atomic mass is 28.4. The minimum atomic E-state index is -2.54. The zero-order valence-electron chi connectivity index (χ0n) is 27.3. The summed E-state index contributed by atoms with van der Waals surface area (Å²) in [7, 11) is -5.05. The van der Waals surface area contributed by atoms with Crippen molar-refractivity contribution in [3.63, 3.8) is 0 Å². The van der Waals surface area contributed by atoms with E-state index in [1.54, 1.807) is 0 Å². The van der Waals surface area contributed by atoms with Crippen molar-refractivity contribution < 1.29 is 8.85 Å². The van der Waals surface area contributed by atoms with Gasteiger partial charge in [-0.1, -0.05) is 169 Å². The quantitative estimate of drug-likeness (QED) is 0.137. The standard InChI is InChI=1S/C40H48O2Si2/c1-39(2,3)43(32-19-11-7-12-20-32,33-21-13-8-14-22-33)41-29-31-27-36-37(28-31)38(36)30-42-44(40(4,5)6,34-23-15-9-16-24-34)35-25-17-10-18-26-35/h7-27,36-38H,28-30H2,1-6H3/t36-,37+,38-/m1/s1. The number of allylic oxidation sites excluding steroid dienone is 1. The van der Waals surface area contributed by atoms with Crippen molar-refractivity contribution >= 4 is 37.4 Å². The molecular formula is C40H48O2Si2. The Morgan fingerprint density at radius 3 is 1.23 bits per heavy atom. The lowest BCUT2D eigenvalue weighted by atomic mass is 10.1. The van der Waals surface area contributed by atoms with E-state index in [2.05, 4.69) is 169 Å². The molecule has 1 saturated carbocycles. The lowest BCUT2D eigenvalue weighted by Gasteiger charge is -2.43. The fraction of sp³-hybridized carbons (Fsp3) is 0.350. The van der Waals surface area contributed by atoms with E-state index in [4.69, 9.17) is 8.85 Å². The highest BCUT2D eigenvalue weighted by Crippen LogP contribution is 2.57. The Bertz CT molecular complexity index is 1480. The molecule has 0 amide bonds. The SMILES string of the molecule is CC(C)(C)[Si](OCC1=C[C@H]2[C@@H](CO[Si](c3ccccc3)(c3ccccc3)C(C)(C)C)[C@H]2C1)(c1ccccc1)c1ccccc1. The van der Waals surface area contributed by atoms with E-state index in [1.165, 1.54) is 26.3 Å². The van der Waals surface area contributed by atoms with Gasteiger partial charge < -0.3 is 8.85 Å². The first-order valence-electron chi connectivity index (χ1n) is 16.3. The monoisotopic (exact) mass is 616 g/mol. The van der Waals surface area contributed by atoms with E-state index in [1.807, 2.05) is 0 Å². The van der Waals surface area contributed by atoms with Crippen molar-refractivity contribution in [3.8, 4) is 0 Å². The Morgan fingerprint density at radius 2 is 0.909 bits per heavy atom. The predicted octanol–water partition coefficient (Wildman–Crippen LogP) is 7.33. The van der Waals surface area contributed by atoms with Crippen LogP contribution in [-0.2, 0) is 8.85 Å². The molecule has 0 N–H and O–H groups in total. The van der Waals surface area contributed by atoms with Crippen molar-refractivity contribution in [3.05, 3.63) is 133 Å². The minimum absolute atomic E-state index is 0.00430. The van der Waals surface area contributed by atoms with Gasteiger partial charge in [-0.2, -0.15) is 0 Å². The van der Waals surface area contributed by atoms with Gasteiger partial charge in [-0.15, -0.1) is 0 Å². The first-order valence-corrected chi connectivity index (χ1v) is 20.1. The summed E-state index contributed by atoms with van der Waals surface area (Å²) in [6.07, 6.45) is 3.67. The average Bonchev–Trinajstić information content (AvgIpc) is 3.47. The molecule has 4 aromatic carbocycles. The molecule has 0 bridgehead atoms. The molecule has 0 heterocycles. The summed E-state index contributed by atoms with van der Waals surface area (Å²) < 4.78 is 14.6. The molecule has 4 heteroatoms. The van der Waals surface area contributed by atoms with Crippen LogP contribution in [0.4, 0.5) is 0 Å². The molecule has 2 nitrogen and oxygen atoms in total. The molecule has 228 valence electrons. The van der Waals surface area contributed by atoms with Crippen LogP contribution < -0.4 is 20.7 Å². The van der Waals surface area contributed by atoms with Gasteiger partial charge in [0.2, 0.25) is 0 Å². The van der Waals surface area contributed by atoms with Gasteiger partial charge in [-0.3, -0.25) is 0 Å². The van der Waals surface area contributed by atoms with Gasteiger partial charge in [0, 0.05) is 6.61 Å². The Kier molecular flexibility index (Phi) is 8.49. The fourth-order valence-corrected chi connectivity index (χ4v) is 17.1. The predicted molar refractivity (Wildman–Crippen MR) is 190 cm³/mol. The van der Waals surface area contributed by atoms with Crippen molar-refractivity contribution in [2.45, 2.75) is 58.0 Å². The van der Waals surface area contributed by atoms with Gasteiger partial charge >= 0.3 is 0 Å². The molecule has 6 rings (SSSR count). The highest BCUT2D eigenvalue weighted by Gasteiger charge is 2.56. The summed E-state index contributed by atoms with van der Waals surface area (Å²) in [4.78, 5) is 0. The first kappa shape index (κ1) is 31.0. The van der Waals surface area contributed by atoms with Gasteiger partial charge in [0.15, 0.2) is 0 Å². The van der Waals surface area contributed by atoms with E-state index in [-0.39, 0.29) is 10.1 Å². The van der Waals surface area contributed by atoms with Gasteiger partial charge in [0.05, 0.1) is 6.61 Å². The van der Waals surface area contributed by atoms with E-state index in [0.717, 1.165) is 13.0 Å². The summed E-state index contributed by atoms with van der Waals surface area (Å²) in [5.41, 5.74) is 1.47. The molecular weight excluding hydrogens is 569 g/mol. The molecule has 0 saturated heterocycles. The van der Waals surface area contributed by atoms with Gasteiger partial charge in [0.25, 0.3) is 16.6 Å². The van der Waals surface area contributed by atoms with Crippen molar-refractivity contribution in [1.29, 1.82) is 0 Å². The maximum absolute atomic E-state index is 7.32. The first-order chi connectivity index (χ1) is 21.1. The molecule has 0 aliphatic heterocycles. The molecule has 0 radical (unpaired) electrons. The fourth-order valence-electron chi connectivity index (χ4n) is 7.94. The van der Waals surface area contributed by atoms with Crippen molar-refractivity contribution in [1.82, 2.24) is 0 Å². The van der Waals surface area contributed by atoms with Gasteiger partial charge in [-0.05, 0) is 60.6 Å². The summed E-state index contributed by atoms with van der Waals surface area (Å²) in [5, 5.41) is 5.41. The third kappa shape index (κ3) is 5.51. The third-order valence-corrected chi connectivity index (χ3v) is 20.1. The summed E-state index contributed by atoms with van der Waals surface area (Å²) in [6, 6.07) is 44.1. The van der Waals surface area contributed by atoms with E-state index >= 15 is 0 Å². The van der Waals surface area contributed by atoms with Crippen LogP contribution in [0.5, 0.6) is 0 Å². The van der Waals surface area contributed by atoms with E-state index in [0.29, 0.717) is 24.4 Å². The van der Waals surface area contributed by atoms with Crippen LogP contribution in [0.15, 0.2) is 133 Å². The average molecular weight is 617 g/mol. The molecule has 4 aromatic rings. The highest BCUT2D eigenvalue weighted by molar-refractivity contribution is 7.00. The zero-order valence-corrected chi connectivity index (χ0v) is 29.3. The lowest BCUT2D eigenvalue weighted by molar-refractivity contribution is 0.268. The molecule has 44 heavy (non-hydrogen) atoms. The van der Waals surface area contributed by atoms with Crippen LogP contribution >= 0.6 is 0 Å². The second-order valence-electron chi connectivity index (χ2n) is 14.9. The van der Waals surface area contributed by atoms with E-state index in [9.17, 15) is 0 Å². The second kappa shape index (κ2) is 12.1. The smallest absolute Gasteiger partial charge is 0.261 e. The molecule has 0 unspecified atom stereocenters. The molecule has 2 aliphatic rings. The Hall–Kier alpha value is -3.03. The van der Waals surface area contributed by atoms with Gasteiger partial charge in [0.1, 0.15) is 0 Å². The molecule has 0 spiro atoms. The number of hydrogen-bond acceptors (Lipinski definition) is 2. The maximum atomic E-state index is 7.32. The van der Waals surface area contributed by atoms with Crippen LogP contribution in [0.3, 0.4) is 0 Å². The number of benzene rings is 4. The van der Waals surface area contributed by atoms with Crippen molar-refractivity contribution in [2.75, 3.05) is 13.2 Å². The normalized spacial score (nSPS) is 20.2. The largest absolute Gasteiger partial charge is 0.407 e. The van der Waals surface area contributed by atoms with Crippen LogP contribution in [0.2, 0.25) is 10.1 Å². The lowest BCUT2D eigenvalue weighted by Crippen LogP contribution is -2.66. The van der Waals surface area contributed by atoms with Crippen LogP contribution in [-0.4, -0.2) is 29.8 Å². The maximum Gasteiger partial charge on any atom is 0.261 e. The second-order valence-corrected chi connectivity index (χ2v) is 23.5. The number of hydrogen-bond donors (Lipinski definition) is 0. The summed E-state index contributed by atoms with van der Waals surface area (Å²) in [5.74, 6) is 1.87. The third-order valence-electron chi connectivity index (χ3n) is 10.1. The summed E-state index contributed by atoms with van der Waals surface area (Å²) >= 11 is 0. The summed E-state index contributed by atoms with van der Waals surface area (Å²) in [6.45, 7) is 15.7. The Labute approximate surface area is 267 Å². The van der Waals surface area contributed by atoms with Gasteiger partial charge in [-0.25, -0.2) is 0 Å². The molecule has 2 aliphatic carbocycles. The minimum Gasteiger partial charge on any atom is -0.407 e. The van der Waals surface area contributed by atoms with E-state index < -0.39 is 16.6 Å². The molecule has 3 atom stereocenters. The Morgan fingerprint density at radius 1 is 0.545 bits per heavy atom.